The van der Waals surface area contributed by atoms with Gasteiger partial charge in [0.25, 0.3) is 8.32 Å². The molecule has 5 nitrogen and oxygen atoms in total. The van der Waals surface area contributed by atoms with Crippen LogP contribution in [-0.2, 0) is 14.0 Å². The fourth-order valence-electron chi connectivity index (χ4n) is 5.97. The molecule has 0 unspecified atom stereocenters. The molecular weight excluding hydrogens is 430 g/mol. The molecule has 2 aliphatic heterocycles. The number of ketones is 1. The largest absolute Gasteiger partial charge is 0.435 e. The quantitative estimate of drug-likeness (QED) is 0.636. The lowest BCUT2D eigenvalue weighted by Crippen LogP contribution is -2.68. The third kappa shape index (κ3) is 3.22. The van der Waals surface area contributed by atoms with Gasteiger partial charge in [0.05, 0.1) is 6.10 Å². The summed E-state index contributed by atoms with van der Waals surface area (Å²) in [6.07, 6.45) is -0.0406. The highest BCUT2D eigenvalue weighted by atomic mass is 28.4. The third-order valence-electron chi connectivity index (χ3n) is 7.38. The highest BCUT2D eigenvalue weighted by molar-refractivity contribution is 6.99. The number of benzene rings is 2. The first-order chi connectivity index (χ1) is 15.8. The monoisotopic (exact) mass is 461 g/mol. The summed E-state index contributed by atoms with van der Waals surface area (Å²) in [4.78, 5) is 27.3. The molecule has 2 fully saturated rings. The van der Waals surface area contributed by atoms with Crippen LogP contribution in [0.1, 0.15) is 40.5 Å². The maximum atomic E-state index is 13.1. The summed E-state index contributed by atoms with van der Waals surface area (Å²) in [6.45, 7) is 9.31. The molecule has 33 heavy (non-hydrogen) atoms. The van der Waals surface area contributed by atoms with Crippen molar-refractivity contribution in [2.75, 3.05) is 6.54 Å². The van der Waals surface area contributed by atoms with Crippen LogP contribution in [0.5, 0.6) is 0 Å². The lowest BCUT2D eigenvalue weighted by Gasteiger charge is -2.47. The van der Waals surface area contributed by atoms with Crippen LogP contribution in [0.25, 0.3) is 0 Å². The van der Waals surface area contributed by atoms with Crippen molar-refractivity contribution in [1.29, 1.82) is 0 Å². The maximum Gasteiger partial charge on any atom is 0.411 e. The van der Waals surface area contributed by atoms with Crippen molar-refractivity contribution in [3.05, 3.63) is 71.8 Å². The molecule has 1 aliphatic carbocycles. The Labute approximate surface area is 196 Å². The van der Waals surface area contributed by atoms with Gasteiger partial charge < -0.3 is 9.16 Å². The van der Waals surface area contributed by atoms with Gasteiger partial charge in [-0.25, -0.2) is 4.79 Å². The van der Waals surface area contributed by atoms with Crippen LogP contribution in [0.2, 0.25) is 5.04 Å². The first kappa shape index (κ1) is 22.1. The van der Waals surface area contributed by atoms with Crippen LogP contribution in [-0.4, -0.2) is 49.9 Å². The van der Waals surface area contributed by atoms with Crippen molar-refractivity contribution >= 4 is 30.6 Å². The Morgan fingerprint density at radius 2 is 1.58 bits per heavy atom. The Balaban J connectivity index is 1.68. The van der Waals surface area contributed by atoms with Crippen molar-refractivity contribution in [1.82, 2.24) is 4.90 Å². The van der Waals surface area contributed by atoms with Gasteiger partial charge in [-0.2, -0.15) is 0 Å². The van der Waals surface area contributed by atoms with Gasteiger partial charge in [-0.1, -0.05) is 88.4 Å². The molecule has 2 aromatic carbocycles. The standard InChI is InChI=1S/C27H31NO4Si/c1-5-20-22-21(16-17-28-23(22)25(24(20)29)31-26(28)30)32-33(27(2,3)4,18-12-8-6-9-13-18)19-14-10-7-11-15-19/h6-15,21,23,25H,5,16-17H2,1-4H3/t21-,23-,25-/m0/s1. The fourth-order valence-corrected chi connectivity index (χ4v) is 10.7. The van der Waals surface area contributed by atoms with E-state index in [0.29, 0.717) is 19.4 Å². The van der Waals surface area contributed by atoms with Crippen LogP contribution < -0.4 is 10.4 Å². The summed E-state index contributed by atoms with van der Waals surface area (Å²) in [5.41, 5.74) is 1.75. The number of amides is 1. The van der Waals surface area contributed by atoms with E-state index >= 15 is 0 Å². The topological polar surface area (TPSA) is 55.8 Å². The summed E-state index contributed by atoms with van der Waals surface area (Å²) in [5, 5.41) is 2.26. The van der Waals surface area contributed by atoms with E-state index in [0.717, 1.165) is 11.1 Å². The number of rotatable bonds is 5. The average Bonchev–Trinajstić information content (AvgIpc) is 3.29. The Morgan fingerprint density at radius 3 is 2.09 bits per heavy atom. The molecule has 3 atom stereocenters. The number of carbonyl (C=O) groups excluding carboxylic acids is 2. The molecule has 5 rings (SSSR count). The average molecular weight is 462 g/mol. The summed E-state index contributed by atoms with van der Waals surface area (Å²) in [6, 6.07) is 20.8. The molecule has 2 saturated heterocycles. The van der Waals surface area contributed by atoms with E-state index in [2.05, 4.69) is 69.3 Å². The van der Waals surface area contributed by atoms with Gasteiger partial charge in [0.2, 0.25) is 5.78 Å². The zero-order chi connectivity index (χ0) is 23.4. The Hall–Kier alpha value is -2.70. The molecule has 0 aromatic heterocycles. The van der Waals surface area contributed by atoms with Gasteiger partial charge in [-0.15, -0.1) is 0 Å². The Morgan fingerprint density at radius 1 is 1.00 bits per heavy atom. The molecule has 0 spiro atoms. The van der Waals surface area contributed by atoms with Crippen LogP contribution in [0, 0.1) is 0 Å². The van der Waals surface area contributed by atoms with Gasteiger partial charge in [0.1, 0.15) is 6.04 Å². The van der Waals surface area contributed by atoms with Gasteiger partial charge in [-0.3, -0.25) is 9.69 Å². The third-order valence-corrected chi connectivity index (χ3v) is 12.4. The molecule has 0 radical (unpaired) electrons. The first-order valence-corrected chi connectivity index (χ1v) is 13.7. The van der Waals surface area contributed by atoms with Crippen molar-refractivity contribution < 1.29 is 18.8 Å². The van der Waals surface area contributed by atoms with E-state index in [1.807, 2.05) is 19.1 Å². The summed E-state index contributed by atoms with van der Waals surface area (Å²) >= 11 is 0. The molecule has 1 amide bonds. The number of carbonyl (C=O) groups is 2. The van der Waals surface area contributed by atoms with Crippen LogP contribution in [0.15, 0.2) is 71.8 Å². The van der Waals surface area contributed by atoms with Crippen LogP contribution in [0.4, 0.5) is 4.79 Å². The fraction of sp³-hybridized carbons (Fsp3) is 0.407. The molecule has 0 N–H and O–H groups in total. The maximum absolute atomic E-state index is 13.1. The second-order valence-corrected chi connectivity index (χ2v) is 14.4. The number of ether oxygens (including phenoxy) is 1. The smallest absolute Gasteiger partial charge is 0.411 e. The zero-order valence-corrected chi connectivity index (χ0v) is 20.7. The van der Waals surface area contributed by atoms with Crippen molar-refractivity contribution in [3.8, 4) is 0 Å². The Bertz CT molecular complexity index is 1070. The molecule has 3 aliphatic rings. The minimum absolute atomic E-state index is 0.0497. The molecule has 6 heteroatoms. The number of hydrogen-bond donors (Lipinski definition) is 0. The lowest BCUT2D eigenvalue weighted by atomic mass is 9.93. The van der Waals surface area contributed by atoms with Crippen LogP contribution >= 0.6 is 0 Å². The summed E-state index contributed by atoms with van der Waals surface area (Å²) < 4.78 is 12.9. The highest BCUT2D eigenvalue weighted by Gasteiger charge is 2.60. The molecule has 0 bridgehead atoms. The van der Waals surface area contributed by atoms with E-state index in [4.69, 9.17) is 9.16 Å². The van der Waals surface area contributed by atoms with E-state index in [9.17, 15) is 9.59 Å². The molecule has 2 heterocycles. The van der Waals surface area contributed by atoms with Crippen LogP contribution in [0.3, 0.4) is 0 Å². The van der Waals surface area contributed by atoms with E-state index < -0.39 is 14.4 Å². The zero-order valence-electron chi connectivity index (χ0n) is 19.7. The Kier molecular flexibility index (Phi) is 5.33. The molecule has 0 saturated carbocycles. The molecule has 2 aromatic rings. The van der Waals surface area contributed by atoms with Gasteiger partial charge in [-0.05, 0) is 33.8 Å². The van der Waals surface area contributed by atoms with Crippen molar-refractivity contribution in [2.45, 2.75) is 63.8 Å². The SMILES string of the molecule is CCC1=C2[C@@H](O[Si](c3ccccc3)(c3ccccc3)C(C)(C)C)CCN3C(=O)O[C@H](C1=O)[C@H]23. The number of hydrogen-bond acceptors (Lipinski definition) is 4. The first-order valence-electron chi connectivity index (χ1n) is 11.8. The summed E-state index contributed by atoms with van der Waals surface area (Å²) in [7, 11) is -2.79. The number of piperidine rings is 1. The molecular formula is C27H31NO4Si. The van der Waals surface area contributed by atoms with Gasteiger partial charge in [0.15, 0.2) is 6.10 Å². The van der Waals surface area contributed by atoms with E-state index in [1.54, 1.807) is 4.90 Å². The minimum Gasteiger partial charge on any atom is -0.435 e. The second kappa shape index (κ2) is 7.96. The van der Waals surface area contributed by atoms with Crippen molar-refractivity contribution in [3.63, 3.8) is 0 Å². The highest BCUT2D eigenvalue weighted by Crippen LogP contribution is 2.46. The normalized spacial score (nSPS) is 24.8. The lowest BCUT2D eigenvalue weighted by molar-refractivity contribution is -0.121. The predicted molar refractivity (Wildman–Crippen MR) is 130 cm³/mol. The van der Waals surface area contributed by atoms with Gasteiger partial charge in [0, 0.05) is 12.1 Å². The van der Waals surface area contributed by atoms with Crippen molar-refractivity contribution in [2.24, 2.45) is 0 Å². The number of Topliss-reactive ketones (excluding diaryl/α,β-unsaturated/α-hetero) is 1. The van der Waals surface area contributed by atoms with E-state index in [-0.39, 0.29) is 29.1 Å². The summed E-state index contributed by atoms with van der Waals surface area (Å²) in [5.74, 6) is -0.0497. The van der Waals surface area contributed by atoms with Gasteiger partial charge >= 0.3 is 6.09 Å². The van der Waals surface area contributed by atoms with E-state index in [1.165, 1.54) is 10.4 Å². The second-order valence-electron chi connectivity index (χ2n) is 10.2. The number of nitrogens with zero attached hydrogens (tertiary/aromatic N) is 1. The predicted octanol–water partition coefficient (Wildman–Crippen LogP) is 3.81. The molecule has 172 valence electrons. The minimum atomic E-state index is -2.79.